The van der Waals surface area contributed by atoms with E-state index >= 15 is 0 Å². The van der Waals surface area contributed by atoms with Crippen LogP contribution in [-0.4, -0.2) is 66.3 Å². The van der Waals surface area contributed by atoms with E-state index in [0.717, 1.165) is 12.8 Å². The largest absolute Gasteiger partial charge is 0.465 e. The standard InChI is InChI=1S/C10H20N4O3/c11-3-1-2-4-12-9(15)13-5-7-14(8-6-13)10(16)17/h1-8,11H2,(H,12,15)(H,16,17). The van der Waals surface area contributed by atoms with Crippen molar-refractivity contribution in [3.63, 3.8) is 0 Å². The van der Waals surface area contributed by atoms with Crippen LogP contribution in [0.1, 0.15) is 12.8 Å². The number of nitrogens with two attached hydrogens (primary N) is 1. The van der Waals surface area contributed by atoms with Gasteiger partial charge in [0.25, 0.3) is 0 Å². The summed E-state index contributed by atoms with van der Waals surface area (Å²) in [5.74, 6) is 0. The van der Waals surface area contributed by atoms with E-state index in [2.05, 4.69) is 5.32 Å². The van der Waals surface area contributed by atoms with Gasteiger partial charge in [0.05, 0.1) is 0 Å². The molecule has 1 rings (SSSR count). The predicted molar refractivity (Wildman–Crippen MR) is 62.9 cm³/mol. The molecule has 7 nitrogen and oxygen atoms in total. The molecule has 0 aromatic carbocycles. The van der Waals surface area contributed by atoms with Crippen LogP contribution in [0.2, 0.25) is 0 Å². The minimum atomic E-state index is -0.923. The Labute approximate surface area is 101 Å². The lowest BCUT2D eigenvalue weighted by atomic mass is 10.3. The number of rotatable bonds is 4. The maximum absolute atomic E-state index is 11.7. The highest BCUT2D eigenvalue weighted by molar-refractivity contribution is 5.74. The highest BCUT2D eigenvalue weighted by atomic mass is 16.4. The molecule has 0 unspecified atom stereocenters. The van der Waals surface area contributed by atoms with Gasteiger partial charge in [-0.05, 0) is 19.4 Å². The number of amides is 3. The fourth-order valence-electron chi connectivity index (χ4n) is 1.68. The van der Waals surface area contributed by atoms with Gasteiger partial charge in [0.1, 0.15) is 0 Å². The summed E-state index contributed by atoms with van der Waals surface area (Å²) < 4.78 is 0. The zero-order valence-corrected chi connectivity index (χ0v) is 9.89. The molecule has 0 spiro atoms. The van der Waals surface area contributed by atoms with E-state index in [0.29, 0.717) is 39.3 Å². The Hall–Kier alpha value is -1.50. The summed E-state index contributed by atoms with van der Waals surface area (Å²) in [7, 11) is 0. The first-order valence-electron chi connectivity index (χ1n) is 5.86. The van der Waals surface area contributed by atoms with Crippen LogP contribution in [0.4, 0.5) is 9.59 Å². The van der Waals surface area contributed by atoms with Crippen LogP contribution in [0.25, 0.3) is 0 Å². The van der Waals surface area contributed by atoms with E-state index in [4.69, 9.17) is 10.8 Å². The van der Waals surface area contributed by atoms with E-state index in [-0.39, 0.29) is 6.03 Å². The molecular weight excluding hydrogens is 224 g/mol. The Bertz CT molecular complexity index is 264. The summed E-state index contributed by atoms with van der Waals surface area (Å²) in [6.45, 7) is 2.92. The Kier molecular flexibility index (Phi) is 5.55. The van der Waals surface area contributed by atoms with Crippen molar-refractivity contribution in [2.75, 3.05) is 39.3 Å². The number of hydrogen-bond acceptors (Lipinski definition) is 3. The quantitative estimate of drug-likeness (QED) is 0.593. The molecule has 0 saturated carbocycles. The van der Waals surface area contributed by atoms with Crippen molar-refractivity contribution in [3.05, 3.63) is 0 Å². The first kappa shape index (κ1) is 13.6. The maximum atomic E-state index is 11.7. The topological polar surface area (TPSA) is 98.9 Å². The van der Waals surface area contributed by atoms with E-state index in [1.165, 1.54) is 4.90 Å². The van der Waals surface area contributed by atoms with Gasteiger partial charge in [0.2, 0.25) is 0 Å². The van der Waals surface area contributed by atoms with E-state index in [9.17, 15) is 9.59 Å². The van der Waals surface area contributed by atoms with Gasteiger partial charge in [-0.2, -0.15) is 0 Å². The van der Waals surface area contributed by atoms with Crippen LogP contribution in [0.3, 0.4) is 0 Å². The molecule has 1 aliphatic rings. The molecule has 0 aliphatic carbocycles. The molecule has 0 aromatic rings. The van der Waals surface area contributed by atoms with Crippen molar-refractivity contribution in [1.29, 1.82) is 0 Å². The molecule has 98 valence electrons. The zero-order valence-electron chi connectivity index (χ0n) is 9.89. The third kappa shape index (κ3) is 4.48. The average molecular weight is 244 g/mol. The lowest BCUT2D eigenvalue weighted by Gasteiger charge is -2.33. The Morgan fingerprint density at radius 2 is 1.71 bits per heavy atom. The number of hydrogen-bond donors (Lipinski definition) is 3. The van der Waals surface area contributed by atoms with Crippen molar-refractivity contribution in [2.24, 2.45) is 5.73 Å². The maximum Gasteiger partial charge on any atom is 0.407 e. The lowest BCUT2D eigenvalue weighted by molar-refractivity contribution is 0.112. The van der Waals surface area contributed by atoms with Gasteiger partial charge in [-0.3, -0.25) is 0 Å². The number of carboxylic acid groups (broad SMARTS) is 1. The first-order valence-corrected chi connectivity index (χ1v) is 5.86. The molecule has 0 atom stereocenters. The van der Waals surface area contributed by atoms with Gasteiger partial charge in [0, 0.05) is 32.7 Å². The highest BCUT2D eigenvalue weighted by Gasteiger charge is 2.23. The Balaban J connectivity index is 2.19. The van der Waals surface area contributed by atoms with Crippen LogP contribution in [0.15, 0.2) is 0 Å². The molecule has 4 N–H and O–H groups in total. The number of carbonyl (C=O) groups is 2. The molecular formula is C10H20N4O3. The molecule has 1 aliphatic heterocycles. The molecule has 17 heavy (non-hydrogen) atoms. The van der Waals surface area contributed by atoms with Gasteiger partial charge in [-0.15, -0.1) is 0 Å². The third-order valence-corrected chi connectivity index (χ3v) is 2.74. The SMILES string of the molecule is NCCCCNC(=O)N1CCN(C(=O)O)CC1. The zero-order chi connectivity index (χ0) is 12.7. The number of urea groups is 1. The van der Waals surface area contributed by atoms with Crippen molar-refractivity contribution < 1.29 is 14.7 Å². The van der Waals surface area contributed by atoms with Gasteiger partial charge in [0.15, 0.2) is 0 Å². The van der Waals surface area contributed by atoms with E-state index in [1.54, 1.807) is 4.90 Å². The molecule has 0 bridgehead atoms. The molecule has 0 radical (unpaired) electrons. The Morgan fingerprint density at radius 1 is 1.12 bits per heavy atom. The summed E-state index contributed by atoms with van der Waals surface area (Å²) >= 11 is 0. The second kappa shape index (κ2) is 6.95. The Morgan fingerprint density at radius 3 is 2.24 bits per heavy atom. The van der Waals surface area contributed by atoms with E-state index in [1.807, 2.05) is 0 Å². The fraction of sp³-hybridized carbons (Fsp3) is 0.800. The van der Waals surface area contributed by atoms with Crippen molar-refractivity contribution in [2.45, 2.75) is 12.8 Å². The number of unbranched alkanes of at least 4 members (excludes halogenated alkanes) is 1. The summed E-state index contributed by atoms with van der Waals surface area (Å²) in [6.07, 6.45) is 0.845. The van der Waals surface area contributed by atoms with Crippen molar-refractivity contribution >= 4 is 12.1 Å². The van der Waals surface area contributed by atoms with Gasteiger partial charge in [-0.1, -0.05) is 0 Å². The predicted octanol–water partition coefficient (Wildman–Crippen LogP) is -0.269. The summed E-state index contributed by atoms with van der Waals surface area (Å²) in [5, 5.41) is 11.6. The summed E-state index contributed by atoms with van der Waals surface area (Å²) in [4.78, 5) is 25.3. The number of nitrogens with one attached hydrogen (secondary N) is 1. The smallest absolute Gasteiger partial charge is 0.407 e. The van der Waals surface area contributed by atoms with Crippen molar-refractivity contribution in [1.82, 2.24) is 15.1 Å². The van der Waals surface area contributed by atoms with E-state index < -0.39 is 6.09 Å². The van der Waals surface area contributed by atoms with Crippen LogP contribution < -0.4 is 11.1 Å². The fourth-order valence-corrected chi connectivity index (χ4v) is 1.68. The van der Waals surface area contributed by atoms with Crippen LogP contribution in [0, 0.1) is 0 Å². The molecule has 3 amide bonds. The average Bonchev–Trinajstić information content (AvgIpc) is 2.34. The minimum Gasteiger partial charge on any atom is -0.465 e. The van der Waals surface area contributed by atoms with Gasteiger partial charge >= 0.3 is 12.1 Å². The second-order valence-electron chi connectivity index (χ2n) is 3.98. The molecule has 1 heterocycles. The summed E-state index contributed by atoms with van der Waals surface area (Å²) in [5.41, 5.74) is 5.35. The van der Waals surface area contributed by atoms with Crippen LogP contribution >= 0.6 is 0 Å². The molecule has 1 saturated heterocycles. The first-order chi connectivity index (χ1) is 8.15. The normalized spacial score (nSPS) is 15.8. The molecule has 1 fully saturated rings. The van der Waals surface area contributed by atoms with Crippen molar-refractivity contribution in [3.8, 4) is 0 Å². The highest BCUT2D eigenvalue weighted by Crippen LogP contribution is 2.02. The lowest BCUT2D eigenvalue weighted by Crippen LogP contribution is -2.53. The van der Waals surface area contributed by atoms with Crippen LogP contribution in [0.5, 0.6) is 0 Å². The number of nitrogens with zero attached hydrogens (tertiary/aromatic N) is 2. The van der Waals surface area contributed by atoms with Gasteiger partial charge in [-0.25, -0.2) is 9.59 Å². The van der Waals surface area contributed by atoms with Crippen LogP contribution in [-0.2, 0) is 0 Å². The number of piperazine rings is 1. The summed E-state index contributed by atoms with van der Waals surface area (Å²) in [6, 6.07) is -0.118. The number of carbonyl (C=O) groups excluding carboxylic acids is 1. The molecule has 0 aromatic heterocycles. The third-order valence-electron chi connectivity index (χ3n) is 2.74. The monoisotopic (exact) mass is 244 g/mol. The minimum absolute atomic E-state index is 0.118. The molecule has 7 heteroatoms. The van der Waals surface area contributed by atoms with Gasteiger partial charge < -0.3 is 26.0 Å². The second-order valence-corrected chi connectivity index (χ2v) is 3.98.